The van der Waals surface area contributed by atoms with Crippen molar-refractivity contribution >= 4 is 28.1 Å². The van der Waals surface area contributed by atoms with Gasteiger partial charge in [-0.25, -0.2) is 4.98 Å². The Labute approximate surface area is 168 Å². The molecule has 7 heteroatoms. The number of benzene rings is 1. The van der Waals surface area contributed by atoms with Crippen LogP contribution >= 0.6 is 11.3 Å². The van der Waals surface area contributed by atoms with Crippen LogP contribution in [0.15, 0.2) is 29.6 Å². The zero-order chi connectivity index (χ0) is 19.3. The highest BCUT2D eigenvalue weighted by molar-refractivity contribution is 7.14. The van der Waals surface area contributed by atoms with E-state index in [9.17, 15) is 9.90 Å². The van der Waals surface area contributed by atoms with Crippen molar-refractivity contribution in [2.45, 2.75) is 43.7 Å². The van der Waals surface area contributed by atoms with Crippen LogP contribution in [-0.4, -0.2) is 34.8 Å². The Morgan fingerprint density at radius 2 is 1.93 bits per heavy atom. The van der Waals surface area contributed by atoms with Crippen molar-refractivity contribution in [3.63, 3.8) is 0 Å². The van der Waals surface area contributed by atoms with Crippen molar-refractivity contribution < 1.29 is 14.6 Å². The zero-order valence-electron chi connectivity index (χ0n) is 15.9. The summed E-state index contributed by atoms with van der Waals surface area (Å²) in [5.74, 6) is 2.12. The number of carbonyl (C=O) groups is 1. The number of hydrogen-bond acceptors (Lipinski definition) is 6. The maximum Gasteiger partial charge on any atom is 0.271 e. The Hall–Kier alpha value is -2.12. The van der Waals surface area contributed by atoms with Gasteiger partial charge in [-0.2, -0.15) is 0 Å². The largest absolute Gasteiger partial charge is 0.497 e. The second-order valence-electron chi connectivity index (χ2n) is 8.58. The molecule has 4 fully saturated rings. The van der Waals surface area contributed by atoms with Gasteiger partial charge in [0.15, 0.2) is 5.13 Å². The first-order valence-electron chi connectivity index (χ1n) is 9.91. The van der Waals surface area contributed by atoms with Crippen molar-refractivity contribution in [2.75, 3.05) is 12.4 Å². The first kappa shape index (κ1) is 17.9. The molecule has 2 atom stereocenters. The summed E-state index contributed by atoms with van der Waals surface area (Å²) in [6, 6.07) is 7.76. The highest BCUT2D eigenvalue weighted by atomic mass is 32.1. The van der Waals surface area contributed by atoms with Gasteiger partial charge in [0.25, 0.3) is 5.91 Å². The number of methoxy groups -OCH3 is 1. The molecular weight excluding hydrogens is 374 g/mol. The Bertz CT molecular complexity index is 865. The number of nitrogens with zero attached hydrogens (tertiary/aromatic N) is 1. The molecule has 4 bridgehead atoms. The van der Waals surface area contributed by atoms with Gasteiger partial charge in [-0.05, 0) is 74.1 Å². The lowest BCUT2D eigenvalue weighted by atomic mass is 9.52. The smallest absolute Gasteiger partial charge is 0.271 e. The summed E-state index contributed by atoms with van der Waals surface area (Å²) >= 11 is 1.42. The van der Waals surface area contributed by atoms with Crippen molar-refractivity contribution in [1.82, 2.24) is 10.3 Å². The van der Waals surface area contributed by atoms with Gasteiger partial charge in [-0.1, -0.05) is 0 Å². The van der Waals surface area contributed by atoms with Crippen LogP contribution < -0.4 is 15.4 Å². The van der Waals surface area contributed by atoms with Gasteiger partial charge in [0.05, 0.1) is 12.7 Å². The fourth-order valence-electron chi connectivity index (χ4n) is 5.68. The first-order chi connectivity index (χ1) is 13.5. The average Bonchev–Trinajstić information content (AvgIpc) is 3.12. The van der Waals surface area contributed by atoms with Gasteiger partial charge in [-0.15, -0.1) is 11.3 Å². The summed E-state index contributed by atoms with van der Waals surface area (Å²) in [5, 5.41) is 19.7. The maximum atomic E-state index is 12.8. The first-order valence-corrected chi connectivity index (χ1v) is 10.8. The molecule has 148 valence electrons. The quantitative estimate of drug-likeness (QED) is 0.716. The molecule has 0 radical (unpaired) electrons. The topological polar surface area (TPSA) is 83.5 Å². The molecule has 4 saturated carbocycles. The van der Waals surface area contributed by atoms with E-state index in [2.05, 4.69) is 15.6 Å². The summed E-state index contributed by atoms with van der Waals surface area (Å²) in [7, 11) is 1.64. The van der Waals surface area contributed by atoms with Gasteiger partial charge < -0.3 is 20.5 Å². The van der Waals surface area contributed by atoms with E-state index in [0.29, 0.717) is 28.6 Å². The number of aliphatic hydroxyl groups is 1. The highest BCUT2D eigenvalue weighted by Gasteiger charge is 2.55. The number of ether oxygens (including phenoxy) is 1. The maximum absolute atomic E-state index is 12.8. The van der Waals surface area contributed by atoms with Gasteiger partial charge in [-0.3, -0.25) is 4.79 Å². The zero-order valence-corrected chi connectivity index (χ0v) is 16.7. The van der Waals surface area contributed by atoms with Crippen LogP contribution in [0.4, 0.5) is 10.8 Å². The van der Waals surface area contributed by atoms with Crippen LogP contribution in [0.25, 0.3) is 0 Å². The third-order valence-corrected chi connectivity index (χ3v) is 7.37. The van der Waals surface area contributed by atoms with E-state index in [-0.39, 0.29) is 11.9 Å². The minimum absolute atomic E-state index is 0.108. The van der Waals surface area contributed by atoms with Crippen LogP contribution in [0.2, 0.25) is 0 Å². The molecular formula is C21H25N3O3S. The number of thiazole rings is 1. The van der Waals surface area contributed by atoms with E-state index in [1.165, 1.54) is 11.3 Å². The number of amides is 1. The second kappa shape index (κ2) is 6.74. The number of carbonyl (C=O) groups excluding carboxylic acids is 1. The highest BCUT2D eigenvalue weighted by Crippen LogP contribution is 2.55. The minimum atomic E-state index is -0.478. The average molecular weight is 400 g/mol. The number of nitrogens with one attached hydrogen (secondary N) is 2. The van der Waals surface area contributed by atoms with Crippen molar-refractivity contribution in [1.29, 1.82) is 0 Å². The van der Waals surface area contributed by atoms with E-state index in [1.54, 1.807) is 12.5 Å². The molecule has 3 N–H and O–H groups in total. The van der Waals surface area contributed by atoms with E-state index in [0.717, 1.165) is 43.5 Å². The lowest BCUT2D eigenvalue weighted by molar-refractivity contribution is -0.136. The van der Waals surface area contributed by atoms with Crippen molar-refractivity contribution in [2.24, 2.45) is 17.8 Å². The second-order valence-corrected chi connectivity index (χ2v) is 9.44. The summed E-state index contributed by atoms with van der Waals surface area (Å²) in [6.07, 6.45) is 4.86. The van der Waals surface area contributed by atoms with Gasteiger partial charge in [0, 0.05) is 17.1 Å². The van der Waals surface area contributed by atoms with Crippen LogP contribution in [0.5, 0.6) is 5.75 Å². The fourth-order valence-corrected chi connectivity index (χ4v) is 6.39. The number of hydrogen-bond donors (Lipinski definition) is 3. The molecule has 2 aromatic rings. The standard InChI is InChI=1S/C21H25N3O3S/c1-27-16-4-2-15(3-5-16)22-20-23-17(11-28-20)19(25)24-18-13-6-12-7-14(18)10-21(26,8-12)9-13/h2-5,11-14,18,26H,6-10H2,1H3,(H,22,23)(H,24,25). The van der Waals surface area contributed by atoms with Crippen molar-refractivity contribution in [3.05, 3.63) is 35.3 Å². The summed E-state index contributed by atoms with van der Waals surface area (Å²) in [4.78, 5) is 17.3. The summed E-state index contributed by atoms with van der Waals surface area (Å²) < 4.78 is 5.16. The Kier molecular flexibility index (Phi) is 4.32. The third-order valence-electron chi connectivity index (χ3n) is 6.62. The molecule has 4 aliphatic rings. The molecule has 0 spiro atoms. The predicted molar refractivity (Wildman–Crippen MR) is 108 cm³/mol. The van der Waals surface area contributed by atoms with Gasteiger partial charge in [0.2, 0.25) is 0 Å². The van der Waals surface area contributed by atoms with E-state index in [1.807, 2.05) is 24.3 Å². The molecule has 1 aromatic heterocycles. The molecule has 0 aliphatic heterocycles. The molecule has 0 saturated heterocycles. The van der Waals surface area contributed by atoms with Crippen LogP contribution in [0.1, 0.15) is 42.6 Å². The fraction of sp³-hybridized carbons (Fsp3) is 0.524. The molecule has 1 aromatic carbocycles. The normalized spacial score (nSPS) is 32.9. The van der Waals surface area contributed by atoms with E-state index >= 15 is 0 Å². The number of anilines is 2. The molecule has 2 unspecified atom stereocenters. The monoisotopic (exact) mass is 399 g/mol. The Morgan fingerprint density at radius 3 is 2.57 bits per heavy atom. The molecule has 1 amide bonds. The SMILES string of the molecule is COc1ccc(Nc2nc(C(=O)NC3C4CC5CC3CC(O)(C5)C4)cs2)cc1. The summed E-state index contributed by atoms with van der Waals surface area (Å²) in [6.45, 7) is 0. The lowest BCUT2D eigenvalue weighted by Gasteiger charge is -2.58. The van der Waals surface area contributed by atoms with Gasteiger partial charge >= 0.3 is 0 Å². The minimum Gasteiger partial charge on any atom is -0.497 e. The molecule has 4 aliphatic carbocycles. The lowest BCUT2D eigenvalue weighted by Crippen LogP contribution is -2.61. The Morgan fingerprint density at radius 1 is 1.21 bits per heavy atom. The van der Waals surface area contributed by atoms with E-state index in [4.69, 9.17) is 4.74 Å². The van der Waals surface area contributed by atoms with E-state index < -0.39 is 5.60 Å². The van der Waals surface area contributed by atoms with Crippen LogP contribution in [0.3, 0.4) is 0 Å². The van der Waals surface area contributed by atoms with Crippen LogP contribution in [-0.2, 0) is 0 Å². The van der Waals surface area contributed by atoms with Crippen molar-refractivity contribution in [3.8, 4) is 5.75 Å². The predicted octanol–water partition coefficient (Wildman–Crippen LogP) is 3.56. The Balaban J connectivity index is 1.24. The number of rotatable bonds is 5. The molecule has 6 rings (SSSR count). The van der Waals surface area contributed by atoms with Gasteiger partial charge in [0.1, 0.15) is 11.4 Å². The number of aromatic nitrogens is 1. The molecule has 1 heterocycles. The molecule has 6 nitrogen and oxygen atoms in total. The third kappa shape index (κ3) is 3.26. The summed E-state index contributed by atoms with van der Waals surface area (Å²) in [5.41, 5.74) is 0.873. The molecule has 28 heavy (non-hydrogen) atoms. The van der Waals surface area contributed by atoms with Crippen LogP contribution in [0, 0.1) is 17.8 Å².